The predicted octanol–water partition coefficient (Wildman–Crippen LogP) is 3.99. The van der Waals surface area contributed by atoms with Crippen molar-refractivity contribution in [2.24, 2.45) is 4.99 Å². The van der Waals surface area contributed by atoms with Crippen molar-refractivity contribution in [1.29, 1.82) is 0 Å². The zero-order valence-corrected chi connectivity index (χ0v) is 13.8. The molecule has 0 fully saturated rings. The Morgan fingerprint density at radius 3 is 2.71 bits per heavy atom. The van der Waals surface area contributed by atoms with Crippen LogP contribution in [0.1, 0.15) is 5.56 Å². The van der Waals surface area contributed by atoms with Gasteiger partial charge in [0.2, 0.25) is 5.95 Å². The first-order chi connectivity index (χ1) is 11.8. The molecule has 122 valence electrons. The van der Waals surface area contributed by atoms with E-state index in [1.807, 2.05) is 53.1 Å². The highest BCUT2D eigenvalue weighted by Gasteiger charge is 2.10. The Morgan fingerprint density at radius 2 is 1.96 bits per heavy atom. The van der Waals surface area contributed by atoms with Gasteiger partial charge in [0.05, 0.1) is 25.3 Å². The number of allylic oxidation sites excluding steroid dienone is 1. The molecule has 0 bridgehead atoms. The van der Waals surface area contributed by atoms with Crippen LogP contribution in [0, 0.1) is 0 Å². The molecule has 3 rings (SSSR count). The molecule has 3 aromatic rings. The lowest BCUT2D eigenvalue weighted by Gasteiger charge is -2.09. The summed E-state index contributed by atoms with van der Waals surface area (Å²) in [5.41, 5.74) is 2.76. The van der Waals surface area contributed by atoms with Crippen LogP contribution in [0.5, 0.6) is 11.5 Å². The molecule has 0 spiro atoms. The first kappa shape index (κ1) is 15.8. The maximum atomic E-state index is 5.43. The first-order valence-corrected chi connectivity index (χ1v) is 7.59. The van der Waals surface area contributed by atoms with E-state index in [1.54, 1.807) is 20.4 Å². The fourth-order valence-electron chi connectivity index (χ4n) is 2.61. The van der Waals surface area contributed by atoms with E-state index in [2.05, 4.69) is 16.6 Å². The number of aliphatic imine (C=N–C) groups is 1. The Labute approximate surface area is 140 Å². The normalized spacial score (nSPS) is 11.1. The zero-order chi connectivity index (χ0) is 16.9. The van der Waals surface area contributed by atoms with Crippen molar-refractivity contribution in [3.63, 3.8) is 0 Å². The summed E-state index contributed by atoms with van der Waals surface area (Å²) in [7, 11) is 3.23. The van der Waals surface area contributed by atoms with Gasteiger partial charge in [-0.2, -0.15) is 0 Å². The van der Waals surface area contributed by atoms with Crippen LogP contribution in [0.25, 0.3) is 11.0 Å². The third-order valence-electron chi connectivity index (χ3n) is 3.70. The summed E-state index contributed by atoms with van der Waals surface area (Å²) >= 11 is 0. The standard InChI is InChI=1S/C19H19N3O2/c1-4-12-22-16-10-6-5-9-15(16)21-19(22)20-13-14-8-7-11-17(23-2)18(14)24-3/h4-11,13H,1,12H2,2-3H3/b20-13+. The molecule has 0 saturated carbocycles. The van der Waals surface area contributed by atoms with Crippen molar-refractivity contribution in [2.75, 3.05) is 14.2 Å². The molecule has 24 heavy (non-hydrogen) atoms. The first-order valence-electron chi connectivity index (χ1n) is 7.59. The molecule has 5 heteroatoms. The number of hydrogen-bond acceptors (Lipinski definition) is 4. The smallest absolute Gasteiger partial charge is 0.230 e. The van der Waals surface area contributed by atoms with E-state index in [9.17, 15) is 0 Å². The van der Waals surface area contributed by atoms with Crippen molar-refractivity contribution in [3.05, 3.63) is 60.7 Å². The number of benzene rings is 2. The van der Waals surface area contributed by atoms with Gasteiger partial charge in [0.15, 0.2) is 11.5 Å². The molecule has 0 N–H and O–H groups in total. The molecular weight excluding hydrogens is 302 g/mol. The van der Waals surface area contributed by atoms with Crippen LogP contribution < -0.4 is 9.47 Å². The Morgan fingerprint density at radius 1 is 1.12 bits per heavy atom. The maximum absolute atomic E-state index is 5.43. The Bertz CT molecular complexity index is 897. The van der Waals surface area contributed by atoms with E-state index in [4.69, 9.17) is 9.47 Å². The molecule has 0 unspecified atom stereocenters. The molecule has 1 heterocycles. The minimum Gasteiger partial charge on any atom is -0.493 e. The quantitative estimate of drug-likeness (QED) is 0.509. The average molecular weight is 321 g/mol. The second kappa shape index (κ2) is 7.00. The minimum absolute atomic E-state index is 0.626. The fraction of sp³-hybridized carbons (Fsp3) is 0.158. The number of hydrogen-bond donors (Lipinski definition) is 0. The van der Waals surface area contributed by atoms with E-state index >= 15 is 0 Å². The SMILES string of the molecule is C=CCn1c(/N=C/c2cccc(OC)c2OC)nc2ccccc21. The van der Waals surface area contributed by atoms with Crippen LogP contribution in [0.3, 0.4) is 0 Å². The predicted molar refractivity (Wildman–Crippen MR) is 96.7 cm³/mol. The Hall–Kier alpha value is -3.08. The highest BCUT2D eigenvalue weighted by Crippen LogP contribution is 2.30. The van der Waals surface area contributed by atoms with Crippen molar-refractivity contribution in [1.82, 2.24) is 9.55 Å². The lowest BCUT2D eigenvalue weighted by Crippen LogP contribution is -1.96. The third-order valence-corrected chi connectivity index (χ3v) is 3.70. The summed E-state index contributed by atoms with van der Waals surface area (Å²) in [5, 5.41) is 0. The van der Waals surface area contributed by atoms with Crippen molar-refractivity contribution >= 4 is 23.2 Å². The molecule has 0 aliphatic carbocycles. The summed E-state index contributed by atoms with van der Waals surface area (Å²) in [6, 6.07) is 13.6. The molecule has 0 radical (unpaired) electrons. The highest BCUT2D eigenvalue weighted by atomic mass is 16.5. The highest BCUT2D eigenvalue weighted by molar-refractivity contribution is 5.87. The molecular formula is C19H19N3O2. The van der Waals surface area contributed by atoms with Gasteiger partial charge < -0.3 is 14.0 Å². The number of para-hydroxylation sites is 3. The van der Waals surface area contributed by atoms with Crippen LogP contribution in [0.15, 0.2) is 60.1 Å². The monoisotopic (exact) mass is 321 g/mol. The summed E-state index contributed by atoms with van der Waals surface area (Å²) in [6.07, 6.45) is 3.57. The number of aromatic nitrogens is 2. The van der Waals surface area contributed by atoms with E-state index in [0.29, 0.717) is 24.0 Å². The molecule has 0 amide bonds. The van der Waals surface area contributed by atoms with Gasteiger partial charge in [0.1, 0.15) is 0 Å². The van der Waals surface area contributed by atoms with E-state index in [0.717, 1.165) is 16.6 Å². The summed E-state index contributed by atoms with van der Waals surface area (Å²) in [5.74, 6) is 1.94. The van der Waals surface area contributed by atoms with Gasteiger partial charge in [0, 0.05) is 18.3 Å². The Balaban J connectivity index is 2.05. The van der Waals surface area contributed by atoms with Crippen LogP contribution in [-0.4, -0.2) is 30.0 Å². The maximum Gasteiger partial charge on any atom is 0.230 e. The lowest BCUT2D eigenvalue weighted by molar-refractivity contribution is 0.354. The second-order valence-electron chi connectivity index (χ2n) is 5.14. The molecule has 0 aliphatic heterocycles. The van der Waals surface area contributed by atoms with Gasteiger partial charge in [0.25, 0.3) is 0 Å². The number of nitrogens with zero attached hydrogens (tertiary/aromatic N) is 3. The number of fused-ring (bicyclic) bond motifs is 1. The number of rotatable bonds is 6. The van der Waals surface area contributed by atoms with Crippen LogP contribution >= 0.6 is 0 Å². The number of methoxy groups -OCH3 is 2. The molecule has 1 aromatic heterocycles. The fourth-order valence-corrected chi connectivity index (χ4v) is 2.61. The third kappa shape index (κ3) is 2.88. The second-order valence-corrected chi connectivity index (χ2v) is 5.14. The van der Waals surface area contributed by atoms with Gasteiger partial charge in [-0.15, -0.1) is 6.58 Å². The number of imidazole rings is 1. The van der Waals surface area contributed by atoms with Crippen molar-refractivity contribution < 1.29 is 9.47 Å². The minimum atomic E-state index is 0.626. The molecule has 0 saturated heterocycles. The van der Waals surface area contributed by atoms with Gasteiger partial charge in [-0.05, 0) is 24.3 Å². The van der Waals surface area contributed by atoms with Gasteiger partial charge in [-0.3, -0.25) is 0 Å². The van der Waals surface area contributed by atoms with E-state index in [-0.39, 0.29) is 0 Å². The van der Waals surface area contributed by atoms with Crippen LogP contribution in [0.4, 0.5) is 5.95 Å². The molecule has 0 atom stereocenters. The Kier molecular flexibility index (Phi) is 4.61. The van der Waals surface area contributed by atoms with E-state index < -0.39 is 0 Å². The zero-order valence-electron chi connectivity index (χ0n) is 13.8. The summed E-state index contributed by atoms with van der Waals surface area (Å²) in [4.78, 5) is 9.15. The molecule has 0 aliphatic rings. The molecule has 5 nitrogen and oxygen atoms in total. The average Bonchev–Trinajstić information content (AvgIpc) is 2.97. The van der Waals surface area contributed by atoms with Crippen LogP contribution in [-0.2, 0) is 6.54 Å². The summed E-state index contributed by atoms with van der Waals surface area (Å²) < 4.78 is 12.8. The van der Waals surface area contributed by atoms with Crippen molar-refractivity contribution in [3.8, 4) is 11.5 Å². The van der Waals surface area contributed by atoms with Crippen molar-refractivity contribution in [2.45, 2.75) is 6.54 Å². The van der Waals surface area contributed by atoms with Gasteiger partial charge >= 0.3 is 0 Å². The van der Waals surface area contributed by atoms with Crippen LogP contribution in [0.2, 0.25) is 0 Å². The van der Waals surface area contributed by atoms with Gasteiger partial charge in [-0.1, -0.05) is 24.3 Å². The molecule has 2 aromatic carbocycles. The largest absolute Gasteiger partial charge is 0.493 e. The topological polar surface area (TPSA) is 48.6 Å². The lowest BCUT2D eigenvalue weighted by atomic mass is 10.2. The van der Waals surface area contributed by atoms with E-state index in [1.165, 1.54) is 0 Å². The summed E-state index contributed by atoms with van der Waals surface area (Å²) in [6.45, 7) is 4.46. The van der Waals surface area contributed by atoms with Gasteiger partial charge in [-0.25, -0.2) is 9.98 Å². The number of ether oxygens (including phenoxy) is 2.